The van der Waals surface area contributed by atoms with Crippen LogP contribution in [-0.2, 0) is 14.6 Å². The van der Waals surface area contributed by atoms with Crippen molar-refractivity contribution in [3.8, 4) is 0 Å². The number of rotatable bonds is 3. The van der Waals surface area contributed by atoms with Crippen LogP contribution in [0.2, 0.25) is 5.02 Å². The molecule has 98 valence electrons. The minimum absolute atomic E-state index is 0.494. The van der Waals surface area contributed by atoms with Crippen LogP contribution in [0.3, 0.4) is 0 Å². The third-order valence-electron chi connectivity index (χ3n) is 3.24. The first kappa shape index (κ1) is 13.3. The molecule has 3 atom stereocenters. The first-order chi connectivity index (χ1) is 8.19. The van der Waals surface area contributed by atoms with Gasteiger partial charge in [0.15, 0.2) is 9.84 Å². The zero-order chi connectivity index (χ0) is 13.7. The first-order valence-electron chi connectivity index (χ1n) is 5.15. The van der Waals surface area contributed by atoms with E-state index >= 15 is 0 Å². The maximum Gasteiger partial charge on any atom is 0.325 e. The van der Waals surface area contributed by atoms with Crippen LogP contribution in [0.1, 0.15) is 11.5 Å². The van der Waals surface area contributed by atoms with Crippen molar-refractivity contribution in [3.05, 3.63) is 34.9 Å². The number of hydrogen-bond donors (Lipinski definition) is 2. The van der Waals surface area contributed by atoms with Gasteiger partial charge in [-0.3, -0.25) is 4.79 Å². The average Bonchev–Trinajstić information content (AvgIpc) is 2.87. The number of carboxylic acids is 1. The molecular formula is C11H12ClNO4S. The van der Waals surface area contributed by atoms with Crippen molar-refractivity contribution in [1.29, 1.82) is 0 Å². The Labute approximate surface area is 109 Å². The zero-order valence-electron chi connectivity index (χ0n) is 9.50. The molecule has 5 nitrogen and oxygen atoms in total. The van der Waals surface area contributed by atoms with Gasteiger partial charge in [-0.1, -0.05) is 23.7 Å². The Hall–Kier alpha value is -1.11. The molecule has 7 heteroatoms. The molecule has 0 aliphatic heterocycles. The van der Waals surface area contributed by atoms with E-state index in [9.17, 15) is 13.2 Å². The van der Waals surface area contributed by atoms with Gasteiger partial charge in [0.1, 0.15) is 5.54 Å². The fourth-order valence-electron chi connectivity index (χ4n) is 2.35. The van der Waals surface area contributed by atoms with E-state index in [1.54, 1.807) is 24.3 Å². The first-order valence-corrected chi connectivity index (χ1v) is 7.49. The van der Waals surface area contributed by atoms with Crippen LogP contribution in [0, 0.1) is 0 Å². The number of carboxylic acid groups (broad SMARTS) is 1. The summed E-state index contributed by atoms with van der Waals surface area (Å²) in [6.45, 7) is 0. The fourth-order valence-corrected chi connectivity index (χ4v) is 4.23. The predicted octanol–water partition coefficient (Wildman–Crippen LogP) is 0.633. The number of aliphatic carboxylic acids is 1. The summed E-state index contributed by atoms with van der Waals surface area (Å²) in [5.74, 6) is -2.04. The highest BCUT2D eigenvalue weighted by Crippen LogP contribution is 2.54. The van der Waals surface area contributed by atoms with Crippen LogP contribution in [0.15, 0.2) is 24.3 Å². The Kier molecular flexibility index (Phi) is 2.92. The van der Waals surface area contributed by atoms with Gasteiger partial charge in [-0.05, 0) is 17.7 Å². The van der Waals surface area contributed by atoms with Crippen LogP contribution in [-0.4, -0.2) is 36.5 Å². The number of nitrogens with two attached hydrogens (primary N) is 1. The summed E-state index contributed by atoms with van der Waals surface area (Å²) in [6, 6.07) is 6.36. The highest BCUT2D eigenvalue weighted by molar-refractivity contribution is 7.91. The van der Waals surface area contributed by atoms with Crippen molar-refractivity contribution in [2.75, 3.05) is 6.26 Å². The molecule has 1 fully saturated rings. The van der Waals surface area contributed by atoms with Gasteiger partial charge in [-0.25, -0.2) is 8.42 Å². The van der Waals surface area contributed by atoms with Gasteiger partial charge in [0.2, 0.25) is 0 Å². The number of carbonyl (C=O) groups is 1. The molecule has 0 bridgehead atoms. The van der Waals surface area contributed by atoms with E-state index in [4.69, 9.17) is 22.4 Å². The van der Waals surface area contributed by atoms with E-state index in [-0.39, 0.29) is 0 Å². The molecule has 2 rings (SSSR count). The molecule has 1 saturated carbocycles. The van der Waals surface area contributed by atoms with Crippen molar-refractivity contribution in [2.24, 2.45) is 5.73 Å². The molecule has 1 aromatic carbocycles. The van der Waals surface area contributed by atoms with Gasteiger partial charge in [0.05, 0.1) is 5.25 Å². The number of benzene rings is 1. The lowest BCUT2D eigenvalue weighted by atomic mass is 10.1. The topological polar surface area (TPSA) is 97.5 Å². The highest BCUT2D eigenvalue weighted by Gasteiger charge is 2.73. The van der Waals surface area contributed by atoms with Gasteiger partial charge < -0.3 is 10.8 Å². The standard InChI is InChI=1S/C11H12ClNO4S/c1-18(16,17)9-8(11(9,13)10(14)15)6-2-4-7(12)5-3-6/h2-5,8-9H,13H2,1H3,(H,14,15)/t8-,9+,11+/m1/s1. The molecule has 0 radical (unpaired) electrons. The van der Waals surface area contributed by atoms with E-state index < -0.39 is 32.5 Å². The van der Waals surface area contributed by atoms with Gasteiger partial charge in [0, 0.05) is 17.2 Å². The maximum absolute atomic E-state index is 11.6. The predicted molar refractivity (Wildman–Crippen MR) is 67.4 cm³/mol. The van der Waals surface area contributed by atoms with E-state index in [2.05, 4.69) is 0 Å². The SMILES string of the molecule is CS(=O)(=O)[C@H]1[C@@H](c2ccc(Cl)cc2)[C@@]1(N)C(=O)O. The van der Waals surface area contributed by atoms with Crippen LogP contribution < -0.4 is 5.73 Å². The summed E-state index contributed by atoms with van der Waals surface area (Å²) in [5.41, 5.74) is 4.54. The normalized spacial score (nSPS) is 31.1. The summed E-state index contributed by atoms with van der Waals surface area (Å²) in [7, 11) is -3.53. The molecule has 0 spiro atoms. The van der Waals surface area contributed by atoms with Gasteiger partial charge in [-0.15, -0.1) is 0 Å². The molecule has 3 N–H and O–H groups in total. The van der Waals surface area contributed by atoms with Crippen molar-refractivity contribution < 1.29 is 18.3 Å². The van der Waals surface area contributed by atoms with Crippen molar-refractivity contribution in [3.63, 3.8) is 0 Å². The number of hydrogen-bond acceptors (Lipinski definition) is 4. The third-order valence-corrected chi connectivity index (χ3v) is 5.08. The summed E-state index contributed by atoms with van der Waals surface area (Å²) in [5, 5.41) is 8.52. The molecule has 0 amide bonds. The van der Waals surface area contributed by atoms with Gasteiger partial charge in [0.25, 0.3) is 0 Å². The molecule has 1 aromatic rings. The lowest BCUT2D eigenvalue weighted by Gasteiger charge is -2.04. The molecule has 1 aliphatic rings. The lowest BCUT2D eigenvalue weighted by Crippen LogP contribution is -2.39. The quantitative estimate of drug-likeness (QED) is 0.851. The molecular weight excluding hydrogens is 278 g/mol. The molecule has 0 heterocycles. The van der Waals surface area contributed by atoms with Crippen molar-refractivity contribution in [2.45, 2.75) is 16.7 Å². The summed E-state index contributed by atoms with van der Waals surface area (Å²) >= 11 is 5.73. The largest absolute Gasteiger partial charge is 0.480 e. The number of halogens is 1. The second-order valence-corrected chi connectivity index (χ2v) is 7.12. The fraction of sp³-hybridized carbons (Fsp3) is 0.364. The highest BCUT2D eigenvalue weighted by atomic mass is 35.5. The monoisotopic (exact) mass is 289 g/mol. The third kappa shape index (κ3) is 1.90. The van der Waals surface area contributed by atoms with Crippen LogP contribution in [0.25, 0.3) is 0 Å². The second kappa shape index (κ2) is 3.94. The Morgan fingerprint density at radius 2 is 1.89 bits per heavy atom. The molecule has 1 aliphatic carbocycles. The Morgan fingerprint density at radius 1 is 1.39 bits per heavy atom. The van der Waals surface area contributed by atoms with E-state index in [0.29, 0.717) is 10.6 Å². The van der Waals surface area contributed by atoms with Gasteiger partial charge >= 0.3 is 5.97 Å². The van der Waals surface area contributed by atoms with Crippen LogP contribution in [0.5, 0.6) is 0 Å². The Bertz CT molecular complexity index is 598. The van der Waals surface area contributed by atoms with E-state index in [1.807, 2.05) is 0 Å². The average molecular weight is 290 g/mol. The Balaban J connectivity index is 2.45. The smallest absolute Gasteiger partial charge is 0.325 e. The molecule has 0 unspecified atom stereocenters. The minimum atomic E-state index is -3.53. The number of sulfone groups is 1. The van der Waals surface area contributed by atoms with Crippen molar-refractivity contribution in [1.82, 2.24) is 0 Å². The van der Waals surface area contributed by atoms with E-state index in [1.165, 1.54) is 0 Å². The van der Waals surface area contributed by atoms with Crippen LogP contribution >= 0.6 is 11.6 Å². The van der Waals surface area contributed by atoms with Crippen molar-refractivity contribution >= 4 is 27.4 Å². The van der Waals surface area contributed by atoms with E-state index in [0.717, 1.165) is 6.26 Å². The second-order valence-electron chi connectivity index (χ2n) is 4.52. The summed E-state index contributed by atoms with van der Waals surface area (Å²) in [4.78, 5) is 11.2. The lowest BCUT2D eigenvalue weighted by molar-refractivity contribution is -0.139. The Morgan fingerprint density at radius 3 is 2.22 bits per heavy atom. The summed E-state index contributed by atoms with van der Waals surface area (Å²) in [6.07, 6.45) is 0.998. The van der Waals surface area contributed by atoms with Gasteiger partial charge in [-0.2, -0.15) is 0 Å². The summed E-state index contributed by atoms with van der Waals surface area (Å²) < 4.78 is 23.2. The zero-order valence-corrected chi connectivity index (χ0v) is 11.1. The molecule has 0 aromatic heterocycles. The molecule has 18 heavy (non-hydrogen) atoms. The maximum atomic E-state index is 11.6. The minimum Gasteiger partial charge on any atom is -0.480 e. The molecule has 0 saturated heterocycles. The van der Waals surface area contributed by atoms with Crippen LogP contribution in [0.4, 0.5) is 0 Å².